The van der Waals surface area contributed by atoms with Crippen LogP contribution in [0.3, 0.4) is 0 Å². The van der Waals surface area contributed by atoms with Gasteiger partial charge in [-0.3, -0.25) is 14.9 Å². The topological polar surface area (TPSA) is 88.9 Å². The fourth-order valence-electron chi connectivity index (χ4n) is 2.09. The molecule has 0 fully saturated rings. The van der Waals surface area contributed by atoms with Gasteiger partial charge in [0.15, 0.2) is 0 Å². The van der Waals surface area contributed by atoms with Gasteiger partial charge in [0.2, 0.25) is 0 Å². The first-order chi connectivity index (χ1) is 10.6. The van der Waals surface area contributed by atoms with Gasteiger partial charge >= 0.3 is 0 Å². The second kappa shape index (κ2) is 5.61. The van der Waals surface area contributed by atoms with Crippen molar-refractivity contribution in [3.8, 4) is 22.6 Å². The number of H-pyrrole nitrogens is 1. The molecule has 0 spiro atoms. The van der Waals surface area contributed by atoms with Crippen LogP contribution in [-0.2, 0) is 0 Å². The van der Waals surface area contributed by atoms with E-state index in [9.17, 15) is 14.9 Å². The molecule has 0 unspecified atom stereocenters. The number of non-ortho nitro benzene ring substituents is 1. The number of aromatic amines is 1. The van der Waals surface area contributed by atoms with Gasteiger partial charge in [0.1, 0.15) is 5.82 Å². The zero-order valence-corrected chi connectivity index (χ0v) is 11.4. The molecule has 1 aromatic heterocycles. The van der Waals surface area contributed by atoms with Crippen molar-refractivity contribution in [2.75, 3.05) is 0 Å². The van der Waals surface area contributed by atoms with Crippen molar-refractivity contribution in [1.29, 1.82) is 0 Å². The van der Waals surface area contributed by atoms with Gasteiger partial charge in [-0.05, 0) is 12.1 Å². The number of nitro groups is 1. The first kappa shape index (κ1) is 13.7. The third-order valence-corrected chi connectivity index (χ3v) is 3.16. The van der Waals surface area contributed by atoms with E-state index in [4.69, 9.17) is 0 Å². The van der Waals surface area contributed by atoms with Crippen LogP contribution in [-0.4, -0.2) is 14.9 Å². The van der Waals surface area contributed by atoms with Crippen LogP contribution in [0.15, 0.2) is 65.5 Å². The molecule has 0 saturated carbocycles. The highest BCUT2D eigenvalue weighted by molar-refractivity contribution is 5.63. The molecular weight excluding hydrogens is 282 g/mol. The molecule has 3 aromatic rings. The highest BCUT2D eigenvalue weighted by atomic mass is 16.6. The Morgan fingerprint density at radius 2 is 1.64 bits per heavy atom. The van der Waals surface area contributed by atoms with Crippen LogP contribution in [0.1, 0.15) is 0 Å². The molecule has 0 aliphatic rings. The van der Waals surface area contributed by atoms with Gasteiger partial charge in [-0.25, -0.2) is 4.98 Å². The molecule has 0 radical (unpaired) electrons. The molecule has 108 valence electrons. The van der Waals surface area contributed by atoms with Gasteiger partial charge in [0.25, 0.3) is 11.2 Å². The second-order valence-electron chi connectivity index (χ2n) is 4.65. The van der Waals surface area contributed by atoms with E-state index in [1.165, 1.54) is 18.2 Å². The zero-order chi connectivity index (χ0) is 15.5. The molecule has 1 heterocycles. The number of aromatic nitrogens is 2. The van der Waals surface area contributed by atoms with Gasteiger partial charge in [-0.15, -0.1) is 0 Å². The van der Waals surface area contributed by atoms with Crippen molar-refractivity contribution < 1.29 is 4.92 Å². The summed E-state index contributed by atoms with van der Waals surface area (Å²) >= 11 is 0. The third-order valence-electron chi connectivity index (χ3n) is 3.16. The van der Waals surface area contributed by atoms with Gasteiger partial charge < -0.3 is 4.98 Å². The van der Waals surface area contributed by atoms with Crippen LogP contribution in [0.5, 0.6) is 0 Å². The van der Waals surface area contributed by atoms with Crippen molar-refractivity contribution in [2.45, 2.75) is 0 Å². The predicted molar refractivity (Wildman–Crippen MR) is 82.4 cm³/mol. The minimum atomic E-state index is -0.472. The molecule has 0 amide bonds. The number of nitrogens with zero attached hydrogens (tertiary/aromatic N) is 2. The number of nitro benzene ring substituents is 1. The van der Waals surface area contributed by atoms with Crippen LogP contribution >= 0.6 is 0 Å². The minimum absolute atomic E-state index is 0.00897. The molecule has 2 aromatic carbocycles. The molecule has 6 heteroatoms. The fourth-order valence-corrected chi connectivity index (χ4v) is 2.09. The van der Waals surface area contributed by atoms with Gasteiger partial charge in [-0.2, -0.15) is 0 Å². The maximum atomic E-state index is 11.8. The average molecular weight is 293 g/mol. The Balaban J connectivity index is 2.06. The summed E-state index contributed by atoms with van der Waals surface area (Å²) in [6, 6.07) is 16.6. The lowest BCUT2D eigenvalue weighted by molar-refractivity contribution is -0.384. The summed E-state index contributed by atoms with van der Waals surface area (Å²) in [5, 5.41) is 10.7. The monoisotopic (exact) mass is 293 g/mol. The number of hydrogen-bond acceptors (Lipinski definition) is 4. The zero-order valence-electron chi connectivity index (χ0n) is 11.4. The van der Waals surface area contributed by atoms with Crippen LogP contribution in [0.4, 0.5) is 5.69 Å². The standard InChI is InChI=1S/C16H11N3O3/c20-15-10-14(11-4-2-1-3-5-11)17-16(18-15)12-6-8-13(9-7-12)19(21)22/h1-10H,(H,17,18,20). The van der Waals surface area contributed by atoms with E-state index in [1.54, 1.807) is 12.1 Å². The molecule has 22 heavy (non-hydrogen) atoms. The van der Waals surface area contributed by atoms with Crippen LogP contribution in [0.25, 0.3) is 22.6 Å². The predicted octanol–water partition coefficient (Wildman–Crippen LogP) is 3.01. The Kier molecular flexibility index (Phi) is 3.49. The van der Waals surface area contributed by atoms with Gasteiger partial charge in [0, 0.05) is 29.3 Å². The van der Waals surface area contributed by atoms with Crippen molar-refractivity contribution in [2.24, 2.45) is 0 Å². The van der Waals surface area contributed by atoms with E-state index in [0.717, 1.165) is 5.56 Å². The van der Waals surface area contributed by atoms with E-state index in [1.807, 2.05) is 30.3 Å². The molecule has 1 N–H and O–H groups in total. The van der Waals surface area contributed by atoms with E-state index in [0.29, 0.717) is 17.1 Å². The Hall–Kier alpha value is -3.28. The molecule has 3 rings (SSSR count). The normalized spacial score (nSPS) is 10.4. The Morgan fingerprint density at radius 3 is 2.27 bits per heavy atom. The summed E-state index contributed by atoms with van der Waals surface area (Å²) in [4.78, 5) is 29.1. The van der Waals surface area contributed by atoms with Crippen LogP contribution < -0.4 is 5.56 Å². The van der Waals surface area contributed by atoms with Gasteiger partial charge in [0.05, 0.1) is 10.6 Å². The van der Waals surface area contributed by atoms with Crippen molar-refractivity contribution >= 4 is 5.69 Å². The smallest absolute Gasteiger partial charge is 0.269 e. The molecule has 0 aliphatic carbocycles. The molecule has 0 atom stereocenters. The molecule has 0 aliphatic heterocycles. The summed E-state index contributed by atoms with van der Waals surface area (Å²) in [5.74, 6) is 0.376. The molecular formula is C16H11N3O3. The average Bonchev–Trinajstić information content (AvgIpc) is 2.55. The highest BCUT2D eigenvalue weighted by Crippen LogP contribution is 2.21. The quantitative estimate of drug-likeness (QED) is 0.593. The maximum absolute atomic E-state index is 11.8. The van der Waals surface area contributed by atoms with Crippen molar-refractivity contribution in [3.05, 3.63) is 81.1 Å². The first-order valence-corrected chi connectivity index (χ1v) is 6.55. The lowest BCUT2D eigenvalue weighted by Crippen LogP contribution is -2.08. The molecule has 0 bridgehead atoms. The first-order valence-electron chi connectivity index (χ1n) is 6.55. The van der Waals surface area contributed by atoms with Crippen LogP contribution in [0, 0.1) is 10.1 Å². The molecule has 0 saturated heterocycles. The SMILES string of the molecule is O=c1cc(-c2ccccc2)nc(-c2ccc([N+](=O)[O-])cc2)[nH]1. The Bertz CT molecular complexity index is 871. The lowest BCUT2D eigenvalue weighted by Gasteiger charge is -2.04. The van der Waals surface area contributed by atoms with Gasteiger partial charge in [-0.1, -0.05) is 30.3 Å². The maximum Gasteiger partial charge on any atom is 0.269 e. The largest absolute Gasteiger partial charge is 0.306 e. The molecule has 6 nitrogen and oxygen atoms in total. The number of hydrogen-bond donors (Lipinski definition) is 1. The summed E-state index contributed by atoms with van der Waals surface area (Å²) in [5.41, 5.74) is 1.71. The van der Waals surface area contributed by atoms with E-state index in [-0.39, 0.29) is 11.2 Å². The van der Waals surface area contributed by atoms with E-state index < -0.39 is 4.92 Å². The summed E-state index contributed by atoms with van der Waals surface area (Å²) < 4.78 is 0. The van der Waals surface area contributed by atoms with E-state index >= 15 is 0 Å². The summed E-state index contributed by atoms with van der Waals surface area (Å²) in [6.45, 7) is 0. The number of rotatable bonds is 3. The van der Waals surface area contributed by atoms with Crippen molar-refractivity contribution in [3.63, 3.8) is 0 Å². The number of benzene rings is 2. The number of nitrogens with one attached hydrogen (secondary N) is 1. The third kappa shape index (κ3) is 2.76. The highest BCUT2D eigenvalue weighted by Gasteiger charge is 2.08. The minimum Gasteiger partial charge on any atom is -0.306 e. The summed E-state index contributed by atoms with van der Waals surface area (Å²) in [7, 11) is 0. The van der Waals surface area contributed by atoms with Crippen molar-refractivity contribution in [1.82, 2.24) is 9.97 Å². The fraction of sp³-hybridized carbons (Fsp3) is 0. The second-order valence-corrected chi connectivity index (χ2v) is 4.65. The lowest BCUT2D eigenvalue weighted by atomic mass is 10.1. The van der Waals surface area contributed by atoms with Crippen LogP contribution in [0.2, 0.25) is 0 Å². The Labute approximate surface area is 125 Å². The summed E-state index contributed by atoms with van der Waals surface area (Å²) in [6.07, 6.45) is 0. The van der Waals surface area contributed by atoms with E-state index in [2.05, 4.69) is 9.97 Å². The Morgan fingerprint density at radius 1 is 0.955 bits per heavy atom.